The second kappa shape index (κ2) is 4.81. The first-order chi connectivity index (χ1) is 8.42. The van der Waals surface area contributed by atoms with Gasteiger partial charge in [0.15, 0.2) is 0 Å². The molecule has 0 aliphatic carbocycles. The molecule has 0 radical (unpaired) electrons. The molecule has 7 heteroatoms. The molecule has 1 aromatic rings. The van der Waals surface area contributed by atoms with Gasteiger partial charge in [-0.25, -0.2) is 4.98 Å². The van der Waals surface area contributed by atoms with E-state index >= 15 is 0 Å². The molecule has 2 rings (SSSR count). The molecule has 0 amide bonds. The zero-order valence-electron chi connectivity index (χ0n) is 10.3. The molecule has 1 aromatic heterocycles. The van der Waals surface area contributed by atoms with Gasteiger partial charge in [0.2, 0.25) is 0 Å². The molecule has 1 aliphatic heterocycles. The van der Waals surface area contributed by atoms with Crippen molar-refractivity contribution in [2.24, 2.45) is 0 Å². The molecule has 6 nitrogen and oxygen atoms in total. The summed E-state index contributed by atoms with van der Waals surface area (Å²) in [4.78, 5) is 16.6. The number of nitrogens with one attached hydrogen (secondary N) is 1. The van der Waals surface area contributed by atoms with Crippen molar-refractivity contribution in [3.8, 4) is 0 Å². The number of anilines is 1. The Morgan fingerprint density at radius 2 is 2.33 bits per heavy atom. The third kappa shape index (κ3) is 2.46. The Kier molecular flexibility index (Phi) is 3.54. The van der Waals surface area contributed by atoms with Crippen molar-refractivity contribution in [3.05, 3.63) is 26.9 Å². The van der Waals surface area contributed by atoms with Crippen molar-refractivity contribution < 1.29 is 4.92 Å². The Labute approximate surface area is 114 Å². The quantitative estimate of drug-likeness (QED) is 0.667. The van der Waals surface area contributed by atoms with Gasteiger partial charge < -0.3 is 10.2 Å². The van der Waals surface area contributed by atoms with Crippen molar-refractivity contribution in [1.29, 1.82) is 0 Å². The van der Waals surface area contributed by atoms with Crippen molar-refractivity contribution in [1.82, 2.24) is 10.3 Å². The van der Waals surface area contributed by atoms with E-state index in [1.54, 1.807) is 0 Å². The van der Waals surface area contributed by atoms with Crippen molar-refractivity contribution >= 4 is 27.4 Å². The van der Waals surface area contributed by atoms with Gasteiger partial charge in [0.25, 0.3) is 5.69 Å². The van der Waals surface area contributed by atoms with Crippen molar-refractivity contribution in [2.75, 3.05) is 24.5 Å². The van der Waals surface area contributed by atoms with Crippen LogP contribution < -0.4 is 10.2 Å². The number of nitrogens with zero attached hydrogens (tertiary/aromatic N) is 3. The average Bonchev–Trinajstić information content (AvgIpc) is 2.29. The summed E-state index contributed by atoms with van der Waals surface area (Å²) in [5, 5.41) is 14.0. The second-order valence-electron chi connectivity index (χ2n) is 4.90. The largest absolute Gasteiger partial charge is 0.348 e. The summed E-state index contributed by atoms with van der Waals surface area (Å²) in [5.74, 6) is 0.757. The minimum Gasteiger partial charge on any atom is -0.348 e. The second-order valence-corrected chi connectivity index (χ2v) is 5.75. The fraction of sp³-hybridized carbons (Fsp3) is 0.545. The Bertz CT molecular complexity index is 478. The number of aromatic nitrogens is 1. The Morgan fingerprint density at radius 3 is 2.89 bits per heavy atom. The summed E-state index contributed by atoms with van der Waals surface area (Å²) in [6.45, 7) is 6.81. The van der Waals surface area contributed by atoms with Crippen LogP contribution >= 0.6 is 15.9 Å². The first-order valence-corrected chi connectivity index (χ1v) is 6.49. The van der Waals surface area contributed by atoms with Gasteiger partial charge in [0.1, 0.15) is 12.0 Å². The summed E-state index contributed by atoms with van der Waals surface area (Å²) in [5.41, 5.74) is -0.0669. The van der Waals surface area contributed by atoms with Gasteiger partial charge in [-0.2, -0.15) is 0 Å². The Balaban J connectivity index is 2.36. The molecule has 18 heavy (non-hydrogen) atoms. The summed E-state index contributed by atoms with van der Waals surface area (Å²) in [7, 11) is 0. The van der Waals surface area contributed by atoms with E-state index in [4.69, 9.17) is 0 Å². The smallest absolute Gasteiger partial charge is 0.288 e. The van der Waals surface area contributed by atoms with Gasteiger partial charge in [-0.3, -0.25) is 10.1 Å². The van der Waals surface area contributed by atoms with Crippen LogP contribution in [0.3, 0.4) is 0 Å². The summed E-state index contributed by atoms with van der Waals surface area (Å²) in [6.07, 6.45) is 1.30. The van der Waals surface area contributed by atoms with Gasteiger partial charge in [-0.15, -0.1) is 0 Å². The zero-order chi connectivity index (χ0) is 13.3. The lowest BCUT2D eigenvalue weighted by molar-refractivity contribution is -0.385. The third-order valence-electron chi connectivity index (χ3n) is 3.07. The van der Waals surface area contributed by atoms with Crippen LogP contribution in [-0.2, 0) is 0 Å². The highest BCUT2D eigenvalue weighted by Crippen LogP contribution is 2.32. The number of piperazine rings is 1. The van der Waals surface area contributed by atoms with E-state index in [9.17, 15) is 10.1 Å². The van der Waals surface area contributed by atoms with Crippen LogP contribution in [0.5, 0.6) is 0 Å². The number of rotatable bonds is 2. The maximum Gasteiger partial charge on any atom is 0.288 e. The van der Waals surface area contributed by atoms with Crippen LogP contribution in [0, 0.1) is 10.1 Å². The van der Waals surface area contributed by atoms with E-state index in [2.05, 4.69) is 45.0 Å². The highest BCUT2D eigenvalue weighted by molar-refractivity contribution is 9.10. The fourth-order valence-electron chi connectivity index (χ4n) is 2.09. The standard InChI is InChI=1S/C11H15BrN4O2/c1-11(2)7-13-3-4-15(11)10-9(12)5-8(6-14-10)16(17)18/h5-6,13H,3-4,7H2,1-2H3. The Hall–Kier alpha value is -1.21. The molecule has 2 heterocycles. The minimum atomic E-state index is -0.440. The van der Waals surface area contributed by atoms with E-state index < -0.39 is 4.92 Å². The third-order valence-corrected chi connectivity index (χ3v) is 3.66. The summed E-state index contributed by atoms with van der Waals surface area (Å²) < 4.78 is 0.659. The number of hydrogen-bond donors (Lipinski definition) is 1. The molecule has 1 N–H and O–H groups in total. The average molecular weight is 315 g/mol. The number of nitro groups is 1. The molecule has 1 aliphatic rings. The summed E-state index contributed by atoms with van der Waals surface area (Å²) >= 11 is 3.37. The highest BCUT2D eigenvalue weighted by atomic mass is 79.9. The molecule has 98 valence electrons. The van der Waals surface area contributed by atoms with Gasteiger partial charge in [-0.1, -0.05) is 0 Å². The molecule has 1 saturated heterocycles. The topological polar surface area (TPSA) is 71.3 Å². The summed E-state index contributed by atoms with van der Waals surface area (Å²) in [6, 6.07) is 1.50. The number of hydrogen-bond acceptors (Lipinski definition) is 5. The van der Waals surface area contributed by atoms with E-state index in [0.29, 0.717) is 4.47 Å². The monoisotopic (exact) mass is 314 g/mol. The van der Waals surface area contributed by atoms with Crippen LogP contribution in [-0.4, -0.2) is 35.1 Å². The molecular formula is C11H15BrN4O2. The molecule has 0 bridgehead atoms. The van der Waals surface area contributed by atoms with Crippen LogP contribution in [0.1, 0.15) is 13.8 Å². The van der Waals surface area contributed by atoms with Crippen molar-refractivity contribution in [2.45, 2.75) is 19.4 Å². The van der Waals surface area contributed by atoms with Crippen LogP contribution in [0.25, 0.3) is 0 Å². The molecule has 0 spiro atoms. The zero-order valence-corrected chi connectivity index (χ0v) is 11.9. The molecule has 0 saturated carbocycles. The maximum absolute atomic E-state index is 10.7. The lowest BCUT2D eigenvalue weighted by Crippen LogP contribution is -2.58. The molecule has 0 atom stereocenters. The Morgan fingerprint density at radius 1 is 1.61 bits per heavy atom. The van der Waals surface area contributed by atoms with Gasteiger partial charge >= 0.3 is 0 Å². The van der Waals surface area contributed by atoms with Gasteiger partial charge in [0.05, 0.1) is 9.40 Å². The minimum absolute atomic E-state index is 0.00133. The fourth-order valence-corrected chi connectivity index (χ4v) is 2.65. The first kappa shape index (κ1) is 13.2. The number of pyridine rings is 1. The highest BCUT2D eigenvalue weighted by Gasteiger charge is 2.32. The predicted octanol–water partition coefficient (Wildman–Crippen LogP) is 1.94. The SMILES string of the molecule is CC1(C)CNCCN1c1ncc([N+](=O)[O-])cc1Br. The van der Waals surface area contributed by atoms with E-state index in [-0.39, 0.29) is 11.2 Å². The van der Waals surface area contributed by atoms with Gasteiger partial charge in [0, 0.05) is 31.2 Å². The first-order valence-electron chi connectivity index (χ1n) is 5.70. The van der Waals surface area contributed by atoms with Gasteiger partial charge in [-0.05, 0) is 29.8 Å². The predicted molar refractivity (Wildman–Crippen MR) is 72.9 cm³/mol. The lowest BCUT2D eigenvalue weighted by atomic mass is 10.0. The number of halogens is 1. The molecule has 1 fully saturated rings. The maximum atomic E-state index is 10.7. The van der Waals surface area contributed by atoms with Crippen molar-refractivity contribution in [3.63, 3.8) is 0 Å². The molecular weight excluding hydrogens is 300 g/mol. The van der Waals surface area contributed by atoms with Crippen LogP contribution in [0.2, 0.25) is 0 Å². The lowest BCUT2D eigenvalue weighted by Gasteiger charge is -2.43. The van der Waals surface area contributed by atoms with E-state index in [0.717, 1.165) is 25.5 Å². The normalized spacial score (nSPS) is 18.7. The van der Waals surface area contributed by atoms with Crippen LogP contribution in [0.4, 0.5) is 11.5 Å². The van der Waals surface area contributed by atoms with Crippen LogP contribution in [0.15, 0.2) is 16.7 Å². The molecule has 0 unspecified atom stereocenters. The van der Waals surface area contributed by atoms with E-state index in [1.807, 2.05) is 0 Å². The van der Waals surface area contributed by atoms with E-state index in [1.165, 1.54) is 12.3 Å². The molecule has 0 aromatic carbocycles.